The first-order valence-electron chi connectivity index (χ1n) is 5.72. The normalized spacial score (nSPS) is 12.1. The van der Waals surface area contributed by atoms with Crippen LogP contribution in [0.5, 0.6) is 0 Å². The van der Waals surface area contributed by atoms with Gasteiger partial charge < -0.3 is 0 Å². The summed E-state index contributed by atoms with van der Waals surface area (Å²) in [4.78, 5) is 0. The van der Waals surface area contributed by atoms with Crippen molar-refractivity contribution in [1.29, 1.82) is 0 Å². The highest BCUT2D eigenvalue weighted by atomic mass is 14.1. The van der Waals surface area contributed by atoms with Crippen molar-refractivity contribution in [2.75, 3.05) is 0 Å². The molecule has 0 aliphatic rings. The monoisotopic (exact) mass is 200 g/mol. The number of benzene rings is 1. The van der Waals surface area contributed by atoms with Gasteiger partial charge in [-0.25, -0.2) is 0 Å². The molecule has 0 N–H and O–H groups in total. The van der Waals surface area contributed by atoms with Crippen LogP contribution in [0.15, 0.2) is 18.2 Å². The predicted molar refractivity (Wildman–Crippen MR) is 67.0 cm³/mol. The molecule has 1 aromatic rings. The summed E-state index contributed by atoms with van der Waals surface area (Å²) >= 11 is 0. The number of aryl methyl sites for hydroxylation is 2. The van der Waals surface area contributed by atoms with Gasteiger partial charge in [-0.1, -0.05) is 49.4 Å². The topological polar surface area (TPSA) is 0 Å². The van der Waals surface area contributed by atoms with E-state index >= 15 is 0 Å². The van der Waals surface area contributed by atoms with Crippen molar-refractivity contribution in [1.82, 2.24) is 0 Å². The summed E-state index contributed by atoms with van der Waals surface area (Å²) in [6.45, 7) is 6.47. The Balaban J connectivity index is 2.91. The Morgan fingerprint density at radius 1 is 1.33 bits per heavy atom. The number of terminal acetylenes is 1. The molecule has 0 saturated heterocycles. The van der Waals surface area contributed by atoms with E-state index in [9.17, 15) is 0 Å². The minimum Gasteiger partial charge on any atom is -0.119 e. The van der Waals surface area contributed by atoms with Crippen LogP contribution in [0.4, 0.5) is 0 Å². The fourth-order valence-corrected chi connectivity index (χ4v) is 1.87. The Hall–Kier alpha value is -1.22. The first kappa shape index (κ1) is 11.9. The average molecular weight is 200 g/mol. The van der Waals surface area contributed by atoms with Crippen LogP contribution in [0.2, 0.25) is 0 Å². The molecule has 1 aromatic carbocycles. The molecule has 0 saturated carbocycles. The minimum atomic E-state index is 0.296. The summed E-state index contributed by atoms with van der Waals surface area (Å²) in [5.74, 6) is 3.22. The van der Waals surface area contributed by atoms with Gasteiger partial charge in [0.05, 0.1) is 0 Å². The lowest BCUT2D eigenvalue weighted by Crippen LogP contribution is -1.99. The third kappa shape index (κ3) is 3.13. The van der Waals surface area contributed by atoms with Crippen LogP contribution in [0, 0.1) is 26.2 Å². The van der Waals surface area contributed by atoms with Crippen molar-refractivity contribution >= 4 is 0 Å². The Bertz CT molecular complexity index is 355. The van der Waals surface area contributed by atoms with E-state index in [1.807, 2.05) is 0 Å². The van der Waals surface area contributed by atoms with Crippen LogP contribution in [0.1, 0.15) is 48.8 Å². The van der Waals surface area contributed by atoms with Crippen LogP contribution in [-0.4, -0.2) is 0 Å². The van der Waals surface area contributed by atoms with Crippen molar-refractivity contribution in [3.05, 3.63) is 34.9 Å². The minimum absolute atomic E-state index is 0.296. The van der Waals surface area contributed by atoms with Crippen LogP contribution >= 0.6 is 0 Å². The van der Waals surface area contributed by atoms with E-state index in [2.05, 4.69) is 44.9 Å². The number of hydrogen-bond donors (Lipinski definition) is 0. The number of unbranched alkanes of at least 4 members (excludes halogenated alkanes) is 1. The fourth-order valence-electron chi connectivity index (χ4n) is 1.87. The van der Waals surface area contributed by atoms with Gasteiger partial charge >= 0.3 is 0 Å². The molecule has 1 rings (SSSR count). The van der Waals surface area contributed by atoms with E-state index in [1.165, 1.54) is 29.5 Å². The molecule has 80 valence electrons. The van der Waals surface area contributed by atoms with Crippen molar-refractivity contribution in [2.24, 2.45) is 0 Å². The molecule has 1 atom stereocenters. The van der Waals surface area contributed by atoms with Crippen LogP contribution in [0.25, 0.3) is 0 Å². The maximum atomic E-state index is 5.61. The van der Waals surface area contributed by atoms with Gasteiger partial charge in [-0.3, -0.25) is 0 Å². The smallest absolute Gasteiger partial charge is 0.0452 e. The maximum absolute atomic E-state index is 5.61. The lowest BCUT2D eigenvalue weighted by Gasteiger charge is -2.14. The van der Waals surface area contributed by atoms with Gasteiger partial charge in [0.15, 0.2) is 0 Å². The highest BCUT2D eigenvalue weighted by molar-refractivity contribution is 5.36. The van der Waals surface area contributed by atoms with Crippen LogP contribution < -0.4 is 0 Å². The Morgan fingerprint density at radius 2 is 2.07 bits per heavy atom. The van der Waals surface area contributed by atoms with Gasteiger partial charge in [-0.15, -0.1) is 6.42 Å². The van der Waals surface area contributed by atoms with E-state index in [1.54, 1.807) is 0 Å². The van der Waals surface area contributed by atoms with Gasteiger partial charge in [0.2, 0.25) is 0 Å². The molecule has 1 unspecified atom stereocenters. The molecule has 0 fully saturated rings. The van der Waals surface area contributed by atoms with E-state index in [0.717, 1.165) is 6.42 Å². The molecule has 0 radical (unpaired) electrons. The highest BCUT2D eigenvalue weighted by Gasteiger charge is 2.10. The van der Waals surface area contributed by atoms with Crippen LogP contribution in [-0.2, 0) is 0 Å². The number of hydrogen-bond acceptors (Lipinski definition) is 0. The fraction of sp³-hybridized carbons (Fsp3) is 0.467. The lowest BCUT2D eigenvalue weighted by atomic mass is 9.90. The Labute approximate surface area is 93.7 Å². The maximum Gasteiger partial charge on any atom is 0.0452 e. The summed E-state index contributed by atoms with van der Waals surface area (Å²) in [7, 11) is 0. The summed E-state index contributed by atoms with van der Waals surface area (Å²) < 4.78 is 0. The molecule has 0 aliphatic heterocycles. The van der Waals surface area contributed by atoms with Crippen LogP contribution in [0.3, 0.4) is 0 Å². The van der Waals surface area contributed by atoms with E-state index in [0.29, 0.717) is 5.92 Å². The second-order valence-electron chi connectivity index (χ2n) is 4.22. The highest BCUT2D eigenvalue weighted by Crippen LogP contribution is 2.25. The summed E-state index contributed by atoms with van der Waals surface area (Å²) in [6, 6.07) is 6.54. The summed E-state index contributed by atoms with van der Waals surface area (Å²) in [5, 5.41) is 0. The van der Waals surface area contributed by atoms with Crippen molar-refractivity contribution in [3.8, 4) is 12.3 Å². The molecule has 0 bridgehead atoms. The largest absolute Gasteiger partial charge is 0.119 e. The number of rotatable bonds is 4. The van der Waals surface area contributed by atoms with E-state index in [-0.39, 0.29) is 0 Å². The second-order valence-corrected chi connectivity index (χ2v) is 4.22. The molecular formula is C15H20. The average Bonchev–Trinajstić information content (AvgIpc) is 2.24. The molecule has 0 heteroatoms. The molecule has 0 nitrogen and oxygen atoms in total. The van der Waals surface area contributed by atoms with Crippen molar-refractivity contribution in [2.45, 2.75) is 46.0 Å². The zero-order valence-corrected chi connectivity index (χ0v) is 10.0. The zero-order chi connectivity index (χ0) is 11.3. The van der Waals surface area contributed by atoms with Gasteiger partial charge in [0.1, 0.15) is 0 Å². The predicted octanol–water partition coefficient (Wildman–Crippen LogP) is 4.21. The first-order chi connectivity index (χ1) is 7.19. The third-order valence-electron chi connectivity index (χ3n) is 2.86. The van der Waals surface area contributed by atoms with E-state index < -0.39 is 0 Å². The first-order valence-corrected chi connectivity index (χ1v) is 5.72. The zero-order valence-electron chi connectivity index (χ0n) is 10.0. The van der Waals surface area contributed by atoms with Crippen molar-refractivity contribution < 1.29 is 0 Å². The molecule has 0 amide bonds. The van der Waals surface area contributed by atoms with Gasteiger partial charge in [0.25, 0.3) is 0 Å². The van der Waals surface area contributed by atoms with E-state index in [4.69, 9.17) is 6.42 Å². The summed E-state index contributed by atoms with van der Waals surface area (Å²) in [6.07, 6.45) is 9.14. The molecular weight excluding hydrogens is 180 g/mol. The third-order valence-corrected chi connectivity index (χ3v) is 2.86. The quantitative estimate of drug-likeness (QED) is 0.639. The second kappa shape index (κ2) is 5.61. The van der Waals surface area contributed by atoms with Gasteiger partial charge in [0, 0.05) is 5.92 Å². The molecule has 0 aliphatic carbocycles. The Kier molecular flexibility index (Phi) is 4.43. The molecule has 0 aromatic heterocycles. The molecule has 0 heterocycles. The molecule has 15 heavy (non-hydrogen) atoms. The molecule has 0 spiro atoms. The lowest BCUT2D eigenvalue weighted by molar-refractivity contribution is 0.673. The summed E-state index contributed by atoms with van der Waals surface area (Å²) in [5.41, 5.74) is 3.96. The SMILES string of the molecule is C#CC(CCCC)c1cc(C)ccc1C. The van der Waals surface area contributed by atoms with Crippen molar-refractivity contribution in [3.63, 3.8) is 0 Å². The van der Waals surface area contributed by atoms with Gasteiger partial charge in [-0.2, -0.15) is 0 Å². The van der Waals surface area contributed by atoms with Gasteiger partial charge in [-0.05, 0) is 31.4 Å². The standard InChI is InChI=1S/C15H20/c1-5-7-8-14(6-2)15-11-12(3)9-10-13(15)4/h2,9-11,14H,5,7-8H2,1,3-4H3. The Morgan fingerprint density at radius 3 is 2.67 bits per heavy atom.